The van der Waals surface area contributed by atoms with E-state index in [9.17, 15) is 9.59 Å². The molecule has 0 fully saturated rings. The summed E-state index contributed by atoms with van der Waals surface area (Å²) in [5.74, 6) is 0.178. The zero-order valence-electron chi connectivity index (χ0n) is 22.5. The van der Waals surface area contributed by atoms with Gasteiger partial charge < -0.3 is 15.0 Å². The lowest BCUT2D eigenvalue weighted by atomic mass is 10.0. The lowest BCUT2D eigenvalue weighted by Gasteiger charge is -2.31. The second kappa shape index (κ2) is 14.2. The number of benzene rings is 3. The van der Waals surface area contributed by atoms with Crippen LogP contribution in [0.5, 0.6) is 5.75 Å². The Bertz CT molecular complexity index is 1250. The van der Waals surface area contributed by atoms with Crippen LogP contribution in [-0.4, -0.2) is 35.9 Å². The molecule has 2 amide bonds. The van der Waals surface area contributed by atoms with E-state index in [1.165, 1.54) is 0 Å². The summed E-state index contributed by atoms with van der Waals surface area (Å²) in [6.07, 6.45) is 2.19. The fourth-order valence-corrected chi connectivity index (χ4v) is 4.59. The minimum absolute atomic E-state index is 0.184. The van der Waals surface area contributed by atoms with Crippen molar-refractivity contribution in [2.75, 3.05) is 13.2 Å². The molecule has 3 rings (SSSR count). The van der Waals surface area contributed by atoms with E-state index in [2.05, 4.69) is 18.3 Å². The van der Waals surface area contributed by atoms with E-state index >= 15 is 0 Å². The van der Waals surface area contributed by atoms with Crippen LogP contribution >= 0.6 is 23.2 Å². The molecule has 0 bridgehead atoms. The smallest absolute Gasteiger partial charge is 0.261 e. The Hall–Kier alpha value is -3.02. The summed E-state index contributed by atoms with van der Waals surface area (Å²) in [5.41, 5.74) is 4.87. The molecule has 3 aromatic carbocycles. The highest BCUT2D eigenvalue weighted by molar-refractivity contribution is 6.42. The van der Waals surface area contributed by atoms with Gasteiger partial charge in [-0.3, -0.25) is 9.59 Å². The van der Waals surface area contributed by atoms with Crippen molar-refractivity contribution in [2.45, 2.75) is 59.5 Å². The van der Waals surface area contributed by atoms with Crippen molar-refractivity contribution in [2.24, 2.45) is 0 Å². The molecule has 0 aliphatic rings. The highest BCUT2D eigenvalue weighted by Crippen LogP contribution is 2.26. The highest BCUT2D eigenvalue weighted by atomic mass is 35.5. The third kappa shape index (κ3) is 8.24. The number of hydrogen-bond acceptors (Lipinski definition) is 3. The van der Waals surface area contributed by atoms with Gasteiger partial charge in [0.2, 0.25) is 5.91 Å². The van der Waals surface area contributed by atoms with Crippen molar-refractivity contribution in [3.8, 4) is 5.75 Å². The summed E-state index contributed by atoms with van der Waals surface area (Å²) in [5, 5.41) is 3.85. The molecule has 0 saturated heterocycles. The molecule has 0 radical (unpaired) electrons. The number of carbonyl (C=O) groups is 2. The Labute approximate surface area is 236 Å². The summed E-state index contributed by atoms with van der Waals surface area (Å²) < 4.78 is 6.03. The average molecular weight is 556 g/mol. The van der Waals surface area contributed by atoms with Gasteiger partial charge in [-0.1, -0.05) is 79.0 Å². The van der Waals surface area contributed by atoms with Gasteiger partial charge in [0.1, 0.15) is 11.8 Å². The second-order valence-corrected chi connectivity index (χ2v) is 10.4. The molecule has 1 N–H and O–H groups in total. The van der Waals surface area contributed by atoms with E-state index in [4.69, 9.17) is 27.9 Å². The number of amides is 2. The number of ether oxygens (including phenoxy) is 1. The first-order valence-corrected chi connectivity index (χ1v) is 13.7. The summed E-state index contributed by atoms with van der Waals surface area (Å²) in [4.78, 5) is 28.9. The zero-order valence-corrected chi connectivity index (χ0v) is 24.0. The van der Waals surface area contributed by atoms with Gasteiger partial charge in [0.05, 0.1) is 10.0 Å². The van der Waals surface area contributed by atoms with Crippen molar-refractivity contribution >= 4 is 35.0 Å². The van der Waals surface area contributed by atoms with Gasteiger partial charge in [-0.25, -0.2) is 0 Å². The third-order valence-corrected chi connectivity index (χ3v) is 7.29. The van der Waals surface area contributed by atoms with Gasteiger partial charge in [-0.05, 0) is 73.2 Å². The van der Waals surface area contributed by atoms with Crippen LogP contribution in [0.3, 0.4) is 0 Å². The summed E-state index contributed by atoms with van der Waals surface area (Å²) in [6, 6.07) is 18.2. The zero-order chi connectivity index (χ0) is 27.7. The number of aryl methyl sites for hydroxylation is 2. The lowest BCUT2D eigenvalue weighted by Crippen LogP contribution is -2.51. The first-order chi connectivity index (χ1) is 18.2. The number of nitrogens with zero attached hydrogens (tertiary/aromatic N) is 1. The molecule has 0 spiro atoms. The SMILES string of the molecule is CCCCNC(=O)[C@@H](Cc1ccccc1)N(Cc1ccc(Cl)c(Cl)c1)C(=O)COc1cc(C)cc(C)c1C. The maximum absolute atomic E-state index is 13.8. The van der Waals surface area contributed by atoms with Crippen molar-refractivity contribution in [1.29, 1.82) is 0 Å². The van der Waals surface area contributed by atoms with Crippen molar-refractivity contribution < 1.29 is 14.3 Å². The number of rotatable bonds is 12. The predicted octanol–water partition coefficient (Wildman–Crippen LogP) is 6.85. The van der Waals surface area contributed by atoms with Gasteiger partial charge >= 0.3 is 0 Å². The molecule has 0 aliphatic carbocycles. The quantitative estimate of drug-likeness (QED) is 0.249. The monoisotopic (exact) mass is 554 g/mol. The van der Waals surface area contributed by atoms with Crippen LogP contribution in [0.1, 0.15) is 47.6 Å². The molecule has 0 aliphatic heterocycles. The molecule has 0 heterocycles. The van der Waals surface area contributed by atoms with E-state index < -0.39 is 6.04 Å². The molecule has 7 heteroatoms. The van der Waals surface area contributed by atoms with Gasteiger partial charge in [-0.15, -0.1) is 0 Å². The van der Waals surface area contributed by atoms with Crippen LogP contribution in [0.4, 0.5) is 0 Å². The fourth-order valence-electron chi connectivity index (χ4n) is 4.27. The standard InChI is InChI=1S/C31H36Cl2N2O3/c1-5-6-14-34-31(37)28(18-24-10-8-7-9-11-24)35(19-25-12-13-26(32)27(33)17-25)30(36)20-38-29-16-21(2)15-22(3)23(29)4/h7-13,15-17,28H,5-6,14,18-20H2,1-4H3,(H,34,37)/t28-/m1/s1. The molecule has 0 unspecified atom stereocenters. The normalized spacial score (nSPS) is 11.6. The molecule has 1 atom stereocenters. The van der Waals surface area contributed by atoms with Crippen LogP contribution in [0.15, 0.2) is 60.7 Å². The number of hydrogen-bond donors (Lipinski definition) is 1. The molecular weight excluding hydrogens is 519 g/mol. The number of halogens is 2. The summed E-state index contributed by atoms with van der Waals surface area (Å²) >= 11 is 12.4. The lowest BCUT2D eigenvalue weighted by molar-refractivity contribution is -0.142. The van der Waals surface area contributed by atoms with Gasteiger partial charge in [0, 0.05) is 19.5 Å². The van der Waals surface area contributed by atoms with Crippen LogP contribution in [0.25, 0.3) is 0 Å². The van der Waals surface area contributed by atoms with Crippen molar-refractivity contribution in [3.63, 3.8) is 0 Å². The van der Waals surface area contributed by atoms with Crippen LogP contribution in [0, 0.1) is 20.8 Å². The number of carbonyl (C=O) groups excluding carboxylic acids is 2. The summed E-state index contributed by atoms with van der Waals surface area (Å²) in [6.45, 7) is 8.59. The molecule has 0 saturated carbocycles. The molecule has 0 aromatic heterocycles. The average Bonchev–Trinajstić information content (AvgIpc) is 2.89. The predicted molar refractivity (Wildman–Crippen MR) is 155 cm³/mol. The van der Waals surface area contributed by atoms with Crippen LogP contribution in [0.2, 0.25) is 10.0 Å². The minimum atomic E-state index is -0.736. The van der Waals surface area contributed by atoms with E-state index in [1.807, 2.05) is 63.2 Å². The van der Waals surface area contributed by atoms with Gasteiger partial charge in [0.25, 0.3) is 5.91 Å². The topological polar surface area (TPSA) is 58.6 Å². The van der Waals surface area contributed by atoms with E-state index in [-0.39, 0.29) is 25.0 Å². The van der Waals surface area contributed by atoms with Gasteiger partial charge in [-0.2, -0.15) is 0 Å². The number of unbranched alkanes of at least 4 members (excludes halogenated alkanes) is 1. The maximum Gasteiger partial charge on any atom is 0.261 e. The Morgan fingerprint density at radius 1 is 0.947 bits per heavy atom. The molecule has 38 heavy (non-hydrogen) atoms. The highest BCUT2D eigenvalue weighted by Gasteiger charge is 2.31. The van der Waals surface area contributed by atoms with Crippen LogP contribution < -0.4 is 10.1 Å². The first kappa shape index (κ1) is 29.5. The summed E-state index contributed by atoms with van der Waals surface area (Å²) in [7, 11) is 0. The minimum Gasteiger partial charge on any atom is -0.483 e. The van der Waals surface area contributed by atoms with E-state index in [1.54, 1.807) is 17.0 Å². The van der Waals surface area contributed by atoms with Gasteiger partial charge in [0.15, 0.2) is 6.61 Å². The molecule has 202 valence electrons. The Balaban J connectivity index is 1.94. The molecule has 5 nitrogen and oxygen atoms in total. The molecular formula is C31H36Cl2N2O3. The fraction of sp³-hybridized carbons (Fsp3) is 0.355. The van der Waals surface area contributed by atoms with Crippen molar-refractivity contribution in [1.82, 2.24) is 10.2 Å². The first-order valence-electron chi connectivity index (χ1n) is 12.9. The molecule has 3 aromatic rings. The second-order valence-electron chi connectivity index (χ2n) is 9.61. The van der Waals surface area contributed by atoms with E-state index in [0.29, 0.717) is 28.8 Å². The third-order valence-electron chi connectivity index (χ3n) is 6.55. The Morgan fingerprint density at radius 3 is 2.37 bits per heavy atom. The maximum atomic E-state index is 13.8. The van der Waals surface area contributed by atoms with Crippen LogP contribution in [-0.2, 0) is 22.6 Å². The Morgan fingerprint density at radius 2 is 1.68 bits per heavy atom. The van der Waals surface area contributed by atoms with Crippen molar-refractivity contribution in [3.05, 3.63) is 98.5 Å². The number of nitrogens with one attached hydrogen (secondary N) is 1. The Kier molecular flexibility index (Phi) is 11.1. The largest absolute Gasteiger partial charge is 0.483 e. The van der Waals surface area contributed by atoms with E-state index in [0.717, 1.165) is 40.7 Å².